The molecular formula is C7H10NO5S-. The Labute approximate surface area is 83.5 Å². The molecule has 14 heavy (non-hydrogen) atoms. The summed E-state index contributed by atoms with van der Waals surface area (Å²) in [6, 6.07) is 0. The summed E-state index contributed by atoms with van der Waals surface area (Å²) in [4.78, 5) is 23.3. The minimum atomic E-state index is -2.27. The van der Waals surface area contributed by atoms with Crippen molar-refractivity contribution in [3.05, 3.63) is 0 Å². The van der Waals surface area contributed by atoms with Crippen LogP contribution in [-0.2, 0) is 20.6 Å². The van der Waals surface area contributed by atoms with Crippen LogP contribution < -0.4 is 0 Å². The standard InChI is InChI=1S/C7H11NO5S/c1-7(2)5(9)8(6(10)13-7)3-4-14(11)12/h3-4H2,1-2H3,(H,11,12)/p-1. The van der Waals surface area contributed by atoms with Crippen LogP contribution in [-0.4, -0.2) is 43.6 Å². The van der Waals surface area contributed by atoms with Crippen molar-refractivity contribution in [1.82, 2.24) is 4.90 Å². The Balaban J connectivity index is 2.67. The monoisotopic (exact) mass is 220 g/mol. The van der Waals surface area contributed by atoms with Crippen molar-refractivity contribution >= 4 is 23.1 Å². The second-order valence-electron chi connectivity index (χ2n) is 3.34. The van der Waals surface area contributed by atoms with E-state index in [0.717, 1.165) is 4.90 Å². The van der Waals surface area contributed by atoms with E-state index in [-0.39, 0.29) is 12.3 Å². The van der Waals surface area contributed by atoms with Crippen molar-refractivity contribution in [2.45, 2.75) is 19.4 Å². The molecule has 0 saturated carbocycles. The van der Waals surface area contributed by atoms with Crippen LogP contribution in [0.3, 0.4) is 0 Å². The van der Waals surface area contributed by atoms with E-state index in [4.69, 9.17) is 4.74 Å². The van der Waals surface area contributed by atoms with Crippen molar-refractivity contribution in [1.29, 1.82) is 0 Å². The number of rotatable bonds is 3. The number of cyclic esters (lactones) is 1. The lowest BCUT2D eigenvalue weighted by Crippen LogP contribution is -2.38. The predicted molar refractivity (Wildman–Crippen MR) is 46.1 cm³/mol. The Hall–Kier alpha value is -0.950. The first-order chi connectivity index (χ1) is 6.34. The van der Waals surface area contributed by atoms with Crippen LogP contribution in [0.15, 0.2) is 0 Å². The summed E-state index contributed by atoms with van der Waals surface area (Å²) in [6.45, 7) is 2.76. The number of nitrogens with zero attached hydrogens (tertiary/aromatic N) is 1. The van der Waals surface area contributed by atoms with Crippen LogP contribution in [0.5, 0.6) is 0 Å². The number of ether oxygens (including phenoxy) is 1. The number of amides is 2. The van der Waals surface area contributed by atoms with E-state index >= 15 is 0 Å². The molecule has 0 N–H and O–H groups in total. The molecule has 1 fully saturated rings. The smallest absolute Gasteiger partial charge is 0.417 e. The zero-order valence-electron chi connectivity index (χ0n) is 7.81. The van der Waals surface area contributed by atoms with Crippen molar-refractivity contribution in [3.63, 3.8) is 0 Å². The molecule has 1 aliphatic heterocycles. The van der Waals surface area contributed by atoms with Crippen LogP contribution in [0.2, 0.25) is 0 Å². The van der Waals surface area contributed by atoms with Gasteiger partial charge in [0.15, 0.2) is 5.60 Å². The zero-order chi connectivity index (χ0) is 10.9. The van der Waals surface area contributed by atoms with Crippen molar-refractivity contribution in [3.8, 4) is 0 Å². The van der Waals surface area contributed by atoms with Crippen LogP contribution >= 0.6 is 0 Å². The topological polar surface area (TPSA) is 86.7 Å². The van der Waals surface area contributed by atoms with Crippen LogP contribution in [0.25, 0.3) is 0 Å². The van der Waals surface area contributed by atoms with Gasteiger partial charge in [-0.1, -0.05) is 11.1 Å². The third kappa shape index (κ3) is 2.10. The third-order valence-corrected chi connectivity index (χ3v) is 2.32. The number of imide groups is 1. The van der Waals surface area contributed by atoms with E-state index in [0.29, 0.717) is 0 Å². The first-order valence-corrected chi connectivity index (χ1v) is 5.20. The second kappa shape index (κ2) is 3.66. The first kappa shape index (κ1) is 11.1. The fraction of sp³-hybridized carbons (Fsp3) is 0.714. The highest BCUT2D eigenvalue weighted by atomic mass is 32.2. The molecule has 7 heteroatoms. The molecule has 0 spiro atoms. The van der Waals surface area contributed by atoms with Gasteiger partial charge in [-0.25, -0.2) is 9.69 Å². The van der Waals surface area contributed by atoms with Gasteiger partial charge >= 0.3 is 6.09 Å². The summed E-state index contributed by atoms with van der Waals surface area (Å²) in [6.07, 6.45) is -0.787. The molecule has 6 nitrogen and oxygen atoms in total. The van der Waals surface area contributed by atoms with E-state index in [9.17, 15) is 18.4 Å². The fourth-order valence-corrected chi connectivity index (χ4v) is 1.42. The van der Waals surface area contributed by atoms with Gasteiger partial charge in [0.25, 0.3) is 5.91 Å². The highest BCUT2D eigenvalue weighted by molar-refractivity contribution is 7.79. The van der Waals surface area contributed by atoms with Gasteiger partial charge in [-0.3, -0.25) is 9.00 Å². The van der Waals surface area contributed by atoms with Crippen molar-refractivity contribution in [2.24, 2.45) is 0 Å². The van der Waals surface area contributed by atoms with E-state index < -0.39 is 28.7 Å². The fourth-order valence-electron chi connectivity index (χ4n) is 1.08. The lowest BCUT2D eigenvalue weighted by molar-refractivity contribution is -0.134. The SMILES string of the molecule is CC1(C)OC(=O)N(CCS(=O)[O-])C1=O. The molecule has 1 atom stereocenters. The Bertz CT molecular complexity index is 300. The Morgan fingerprint density at radius 2 is 2.07 bits per heavy atom. The van der Waals surface area contributed by atoms with Crippen molar-refractivity contribution in [2.75, 3.05) is 12.3 Å². The lowest BCUT2D eigenvalue weighted by Gasteiger charge is -2.14. The molecule has 1 heterocycles. The minimum absolute atomic E-state index is 0.156. The molecule has 1 saturated heterocycles. The second-order valence-corrected chi connectivity index (χ2v) is 4.36. The highest BCUT2D eigenvalue weighted by Crippen LogP contribution is 2.22. The number of carbonyl (C=O) groups excluding carboxylic acids is 2. The summed E-state index contributed by atoms with van der Waals surface area (Å²) in [7, 11) is 0. The molecule has 0 aliphatic carbocycles. The van der Waals surface area contributed by atoms with Gasteiger partial charge in [0.05, 0.1) is 0 Å². The average Bonchev–Trinajstić information content (AvgIpc) is 2.19. The molecule has 80 valence electrons. The molecule has 0 aromatic rings. The molecule has 1 rings (SSSR count). The van der Waals surface area contributed by atoms with Gasteiger partial charge in [0, 0.05) is 12.3 Å². The van der Waals surface area contributed by atoms with Gasteiger partial charge in [0.2, 0.25) is 0 Å². The van der Waals surface area contributed by atoms with Gasteiger partial charge in [-0.05, 0) is 13.8 Å². The Morgan fingerprint density at radius 1 is 1.50 bits per heavy atom. The summed E-state index contributed by atoms with van der Waals surface area (Å²) >= 11 is -2.27. The molecule has 0 radical (unpaired) electrons. The molecule has 0 bridgehead atoms. The number of carbonyl (C=O) groups is 2. The third-order valence-electron chi connectivity index (χ3n) is 1.80. The maximum atomic E-state index is 11.4. The Kier molecular flexibility index (Phi) is 2.91. The van der Waals surface area contributed by atoms with Crippen LogP contribution in [0.1, 0.15) is 13.8 Å². The maximum absolute atomic E-state index is 11.4. The predicted octanol–water partition coefficient (Wildman–Crippen LogP) is -0.377. The quantitative estimate of drug-likeness (QED) is 0.605. The molecule has 0 aromatic heterocycles. The molecule has 2 amide bonds. The van der Waals surface area contributed by atoms with E-state index in [2.05, 4.69) is 0 Å². The molecular weight excluding hydrogens is 210 g/mol. The summed E-state index contributed by atoms with van der Waals surface area (Å²) in [5.41, 5.74) is -1.18. The van der Waals surface area contributed by atoms with E-state index in [1.54, 1.807) is 0 Å². The minimum Gasteiger partial charge on any atom is -0.772 e. The van der Waals surface area contributed by atoms with Gasteiger partial charge < -0.3 is 9.29 Å². The summed E-state index contributed by atoms with van der Waals surface area (Å²) < 4.78 is 25.2. The molecule has 1 unspecified atom stereocenters. The summed E-state index contributed by atoms with van der Waals surface area (Å²) in [5.74, 6) is -0.773. The van der Waals surface area contributed by atoms with E-state index in [1.807, 2.05) is 0 Å². The van der Waals surface area contributed by atoms with Crippen LogP contribution in [0, 0.1) is 0 Å². The number of hydrogen-bond acceptors (Lipinski definition) is 5. The van der Waals surface area contributed by atoms with Crippen LogP contribution in [0.4, 0.5) is 4.79 Å². The largest absolute Gasteiger partial charge is 0.772 e. The van der Waals surface area contributed by atoms with Crippen molar-refractivity contribution < 1.29 is 23.1 Å². The zero-order valence-corrected chi connectivity index (χ0v) is 8.63. The van der Waals surface area contributed by atoms with Gasteiger partial charge in [0.1, 0.15) is 0 Å². The maximum Gasteiger partial charge on any atom is 0.417 e. The molecule has 0 aromatic carbocycles. The van der Waals surface area contributed by atoms with Gasteiger partial charge in [-0.15, -0.1) is 0 Å². The summed E-state index contributed by atoms with van der Waals surface area (Å²) in [5, 5.41) is 0. The average molecular weight is 220 g/mol. The number of hydrogen-bond donors (Lipinski definition) is 0. The van der Waals surface area contributed by atoms with Gasteiger partial charge in [-0.2, -0.15) is 0 Å². The Morgan fingerprint density at radius 3 is 2.43 bits per heavy atom. The molecule has 1 aliphatic rings. The van der Waals surface area contributed by atoms with E-state index in [1.165, 1.54) is 13.8 Å². The normalized spacial score (nSPS) is 22.4. The lowest BCUT2D eigenvalue weighted by atomic mass is 10.1. The highest BCUT2D eigenvalue weighted by Gasteiger charge is 2.46. The first-order valence-electron chi connectivity index (χ1n) is 3.95.